The van der Waals surface area contributed by atoms with Gasteiger partial charge in [0.2, 0.25) is 0 Å². The zero-order valence-electron chi connectivity index (χ0n) is 19.9. The molecule has 3 rings (SSSR count). The summed E-state index contributed by atoms with van der Waals surface area (Å²) in [6.07, 6.45) is 4.46. The maximum atomic E-state index is 7.51. The van der Waals surface area contributed by atoms with Crippen LogP contribution in [0.3, 0.4) is 0 Å². The van der Waals surface area contributed by atoms with Gasteiger partial charge in [-0.2, -0.15) is 0 Å². The second kappa shape index (κ2) is 14.9. The number of halogens is 2. The number of ether oxygens (including phenoxy) is 2. The lowest BCUT2D eigenvalue weighted by Crippen LogP contribution is -2.10. The predicted molar refractivity (Wildman–Crippen MR) is 148 cm³/mol. The number of aryl methyl sites for hydroxylation is 1. The molecule has 0 saturated carbocycles. The Morgan fingerprint density at radius 3 is 1.46 bits per heavy atom. The summed E-state index contributed by atoms with van der Waals surface area (Å²) in [4.78, 5) is 0. The molecule has 0 spiro atoms. The van der Waals surface area contributed by atoms with Crippen LogP contribution in [-0.4, -0.2) is 11.7 Å². The van der Waals surface area contributed by atoms with Crippen molar-refractivity contribution in [2.24, 2.45) is 11.5 Å². The molecule has 3 aromatic carbocycles. The third-order valence-electron chi connectivity index (χ3n) is 5.35. The van der Waals surface area contributed by atoms with Crippen molar-refractivity contribution >= 4 is 36.5 Å². The molecule has 0 amide bonds. The third kappa shape index (κ3) is 9.51. The summed E-state index contributed by atoms with van der Waals surface area (Å²) in [5.74, 6) is 1.64. The largest absolute Gasteiger partial charge is 0.489 e. The highest BCUT2D eigenvalue weighted by molar-refractivity contribution is 5.95. The molecular weight excluding hydrogens is 483 g/mol. The molecule has 6 nitrogen and oxygen atoms in total. The van der Waals surface area contributed by atoms with Crippen molar-refractivity contribution < 1.29 is 9.47 Å². The lowest BCUT2D eigenvalue weighted by atomic mass is 10.1. The molecule has 0 atom stereocenters. The van der Waals surface area contributed by atoms with E-state index in [4.69, 9.17) is 31.8 Å². The predicted octanol–water partition coefficient (Wildman–Crippen LogP) is 5.99. The Morgan fingerprint density at radius 1 is 0.657 bits per heavy atom. The number of nitrogen functional groups attached to an aromatic ring is 2. The maximum absolute atomic E-state index is 7.51. The molecule has 0 aliphatic rings. The Morgan fingerprint density at radius 2 is 1.09 bits per heavy atom. The van der Waals surface area contributed by atoms with E-state index in [1.807, 2.05) is 54.6 Å². The standard InChI is InChI=1S/C27H32N4O2.2ClH/c1-2-3-4-5-21-14-24(32-17-19-6-10-22(11-7-19)26(28)29)16-25(15-21)33-18-20-8-12-23(13-9-20)27(30)31;;/h6-16H,2-5,17-18H2,1H3,(H3,28,29)(H3,30,31);2*1H. The van der Waals surface area contributed by atoms with Gasteiger partial charge in [-0.3, -0.25) is 10.8 Å². The van der Waals surface area contributed by atoms with Crippen LogP contribution in [0.5, 0.6) is 11.5 Å². The first-order valence-corrected chi connectivity index (χ1v) is 11.2. The van der Waals surface area contributed by atoms with Gasteiger partial charge in [-0.1, -0.05) is 68.3 Å². The minimum atomic E-state index is 0. The molecule has 35 heavy (non-hydrogen) atoms. The summed E-state index contributed by atoms with van der Waals surface area (Å²) in [5.41, 5.74) is 15.6. The Labute approximate surface area is 219 Å². The van der Waals surface area contributed by atoms with Gasteiger partial charge in [0.15, 0.2) is 0 Å². The maximum Gasteiger partial charge on any atom is 0.123 e. The summed E-state index contributed by atoms with van der Waals surface area (Å²) in [5, 5.41) is 15.0. The molecule has 188 valence electrons. The Bertz CT molecular complexity index is 1010. The number of unbranched alkanes of at least 4 members (excludes halogenated alkanes) is 2. The molecule has 0 saturated heterocycles. The Kier molecular flexibility index (Phi) is 12.7. The molecule has 0 aliphatic heterocycles. The molecule has 0 aliphatic carbocycles. The zero-order chi connectivity index (χ0) is 23.6. The fraction of sp³-hybridized carbons (Fsp3) is 0.259. The number of nitrogens with two attached hydrogens (primary N) is 2. The number of nitrogens with one attached hydrogen (secondary N) is 2. The van der Waals surface area contributed by atoms with E-state index in [2.05, 4.69) is 19.1 Å². The quantitative estimate of drug-likeness (QED) is 0.134. The van der Waals surface area contributed by atoms with E-state index in [1.54, 1.807) is 0 Å². The van der Waals surface area contributed by atoms with Crippen molar-refractivity contribution in [2.75, 3.05) is 0 Å². The average molecular weight is 518 g/mol. The van der Waals surface area contributed by atoms with Gasteiger partial charge in [0.25, 0.3) is 0 Å². The van der Waals surface area contributed by atoms with Crippen LogP contribution < -0.4 is 20.9 Å². The number of hydrogen-bond acceptors (Lipinski definition) is 4. The van der Waals surface area contributed by atoms with E-state index >= 15 is 0 Å². The van der Waals surface area contributed by atoms with Crippen LogP contribution in [0.15, 0.2) is 66.7 Å². The van der Waals surface area contributed by atoms with Crippen molar-refractivity contribution in [3.05, 3.63) is 94.5 Å². The molecule has 8 heteroatoms. The highest BCUT2D eigenvalue weighted by Gasteiger charge is 2.06. The molecule has 0 heterocycles. The number of benzene rings is 3. The molecule has 0 bridgehead atoms. The molecule has 0 unspecified atom stereocenters. The fourth-order valence-electron chi connectivity index (χ4n) is 3.42. The number of hydrogen-bond donors (Lipinski definition) is 4. The van der Waals surface area contributed by atoms with Gasteiger partial charge in [-0.05, 0) is 41.7 Å². The second-order valence-corrected chi connectivity index (χ2v) is 8.07. The first-order valence-electron chi connectivity index (χ1n) is 11.2. The zero-order valence-corrected chi connectivity index (χ0v) is 21.5. The smallest absolute Gasteiger partial charge is 0.123 e. The van der Waals surface area contributed by atoms with Crippen LogP contribution in [0.4, 0.5) is 0 Å². The SMILES string of the molecule is CCCCCc1cc(OCc2ccc(C(=N)N)cc2)cc(OCc2ccc(C(=N)N)cc2)c1.Cl.Cl. The van der Waals surface area contributed by atoms with Gasteiger partial charge in [-0.25, -0.2) is 0 Å². The summed E-state index contributed by atoms with van der Waals surface area (Å²) in [6.45, 7) is 3.04. The van der Waals surface area contributed by atoms with Gasteiger partial charge < -0.3 is 20.9 Å². The van der Waals surface area contributed by atoms with E-state index in [0.717, 1.165) is 35.5 Å². The fourth-order valence-corrected chi connectivity index (χ4v) is 3.42. The van der Waals surface area contributed by atoms with E-state index in [0.29, 0.717) is 24.3 Å². The highest BCUT2D eigenvalue weighted by Crippen LogP contribution is 2.26. The Balaban J connectivity index is 0.00000306. The Hall–Kier alpha value is -3.22. The highest BCUT2D eigenvalue weighted by atomic mass is 35.5. The normalized spacial score (nSPS) is 9.97. The van der Waals surface area contributed by atoms with Gasteiger partial charge in [0.05, 0.1) is 0 Å². The summed E-state index contributed by atoms with van der Waals surface area (Å²) >= 11 is 0. The van der Waals surface area contributed by atoms with Crippen LogP contribution in [0.25, 0.3) is 0 Å². The molecule has 0 aromatic heterocycles. The van der Waals surface area contributed by atoms with Crippen molar-refractivity contribution in [2.45, 2.75) is 45.8 Å². The number of amidine groups is 2. The van der Waals surface area contributed by atoms with Crippen LogP contribution >= 0.6 is 24.8 Å². The third-order valence-corrected chi connectivity index (χ3v) is 5.35. The summed E-state index contributed by atoms with van der Waals surface area (Å²) in [7, 11) is 0. The van der Waals surface area contributed by atoms with Crippen molar-refractivity contribution in [1.82, 2.24) is 0 Å². The first kappa shape index (κ1) is 29.8. The topological polar surface area (TPSA) is 118 Å². The van der Waals surface area contributed by atoms with Gasteiger partial charge in [0.1, 0.15) is 36.4 Å². The molecule has 6 N–H and O–H groups in total. The minimum absolute atomic E-state index is 0. The second-order valence-electron chi connectivity index (χ2n) is 8.07. The summed E-state index contributed by atoms with van der Waals surface area (Å²) in [6, 6.07) is 21.1. The van der Waals surface area contributed by atoms with Gasteiger partial charge >= 0.3 is 0 Å². The van der Waals surface area contributed by atoms with Gasteiger partial charge in [0, 0.05) is 17.2 Å². The van der Waals surface area contributed by atoms with Crippen LogP contribution in [0, 0.1) is 10.8 Å². The first-order chi connectivity index (χ1) is 15.9. The lowest BCUT2D eigenvalue weighted by molar-refractivity contribution is 0.289. The van der Waals surface area contributed by atoms with Crippen LogP contribution in [-0.2, 0) is 19.6 Å². The van der Waals surface area contributed by atoms with Crippen molar-refractivity contribution in [3.63, 3.8) is 0 Å². The van der Waals surface area contributed by atoms with Crippen molar-refractivity contribution in [1.29, 1.82) is 10.8 Å². The van der Waals surface area contributed by atoms with Crippen LogP contribution in [0.1, 0.15) is 54.0 Å². The van der Waals surface area contributed by atoms with Gasteiger partial charge in [-0.15, -0.1) is 24.8 Å². The van der Waals surface area contributed by atoms with Crippen LogP contribution in [0.2, 0.25) is 0 Å². The number of rotatable bonds is 12. The lowest BCUT2D eigenvalue weighted by Gasteiger charge is -2.13. The molecule has 3 aromatic rings. The molecule has 0 fully saturated rings. The van der Waals surface area contributed by atoms with Crippen molar-refractivity contribution in [3.8, 4) is 11.5 Å². The average Bonchev–Trinajstić information content (AvgIpc) is 2.82. The van der Waals surface area contributed by atoms with E-state index in [-0.39, 0.29) is 36.5 Å². The minimum Gasteiger partial charge on any atom is -0.489 e. The molecular formula is C27H34Cl2N4O2. The van der Waals surface area contributed by atoms with E-state index in [9.17, 15) is 0 Å². The molecule has 0 radical (unpaired) electrons. The summed E-state index contributed by atoms with van der Waals surface area (Å²) < 4.78 is 12.1. The monoisotopic (exact) mass is 516 g/mol. The van der Waals surface area contributed by atoms with E-state index in [1.165, 1.54) is 18.4 Å². The van der Waals surface area contributed by atoms with E-state index < -0.39 is 0 Å².